The van der Waals surface area contributed by atoms with Crippen LogP contribution in [0.3, 0.4) is 0 Å². The first-order chi connectivity index (χ1) is 8.19. The molecule has 0 fully saturated rings. The van der Waals surface area contributed by atoms with Gasteiger partial charge < -0.3 is 10.2 Å². The van der Waals surface area contributed by atoms with Crippen molar-refractivity contribution in [1.82, 2.24) is 9.97 Å². The van der Waals surface area contributed by atoms with E-state index >= 15 is 0 Å². The molecule has 4 heteroatoms. The van der Waals surface area contributed by atoms with Crippen molar-refractivity contribution in [3.05, 3.63) is 12.4 Å². The highest BCUT2D eigenvalue weighted by atomic mass is 15.2. The molecule has 0 amide bonds. The fraction of sp³-hybridized carbons (Fsp3) is 0.692. The van der Waals surface area contributed by atoms with Crippen molar-refractivity contribution in [3.63, 3.8) is 0 Å². The zero-order valence-electron chi connectivity index (χ0n) is 11.4. The molecule has 1 unspecified atom stereocenters. The van der Waals surface area contributed by atoms with Crippen LogP contribution in [0.2, 0.25) is 0 Å². The Balaban J connectivity index is 2.69. The van der Waals surface area contributed by atoms with Crippen LogP contribution in [0.25, 0.3) is 0 Å². The molecule has 17 heavy (non-hydrogen) atoms. The molecular formula is C13H24N4. The Morgan fingerprint density at radius 1 is 1.29 bits per heavy atom. The van der Waals surface area contributed by atoms with E-state index in [2.05, 4.69) is 48.0 Å². The lowest BCUT2D eigenvalue weighted by atomic mass is 10.2. The van der Waals surface area contributed by atoms with Gasteiger partial charge in [0.05, 0.1) is 0 Å². The topological polar surface area (TPSA) is 41.0 Å². The fourth-order valence-electron chi connectivity index (χ4n) is 1.73. The highest BCUT2D eigenvalue weighted by Crippen LogP contribution is 2.16. The summed E-state index contributed by atoms with van der Waals surface area (Å²) in [4.78, 5) is 10.8. The largest absolute Gasteiger partial charge is 0.370 e. The van der Waals surface area contributed by atoms with Crippen LogP contribution in [-0.4, -0.2) is 29.6 Å². The van der Waals surface area contributed by atoms with E-state index in [-0.39, 0.29) is 0 Å². The molecule has 1 N–H and O–H groups in total. The maximum Gasteiger partial charge on any atom is 0.134 e. The normalized spacial score (nSPS) is 12.2. The zero-order chi connectivity index (χ0) is 12.7. The summed E-state index contributed by atoms with van der Waals surface area (Å²) >= 11 is 0. The molecule has 0 saturated carbocycles. The first kappa shape index (κ1) is 13.7. The maximum absolute atomic E-state index is 4.33. The smallest absolute Gasteiger partial charge is 0.134 e. The first-order valence-corrected chi connectivity index (χ1v) is 6.47. The third-order valence-corrected chi connectivity index (χ3v) is 2.94. The Morgan fingerprint density at radius 2 is 2.06 bits per heavy atom. The van der Waals surface area contributed by atoms with Gasteiger partial charge in [0.15, 0.2) is 0 Å². The van der Waals surface area contributed by atoms with Crippen LogP contribution < -0.4 is 10.2 Å². The van der Waals surface area contributed by atoms with Crippen LogP contribution in [0.5, 0.6) is 0 Å². The van der Waals surface area contributed by atoms with Crippen molar-refractivity contribution >= 4 is 11.6 Å². The molecule has 0 spiro atoms. The van der Waals surface area contributed by atoms with Crippen LogP contribution in [0.4, 0.5) is 11.6 Å². The summed E-state index contributed by atoms with van der Waals surface area (Å²) in [5, 5.41) is 3.28. The number of rotatable bonds is 7. The number of nitrogens with one attached hydrogen (secondary N) is 1. The lowest BCUT2D eigenvalue weighted by molar-refractivity contribution is 0.611. The molecule has 1 aromatic rings. The lowest BCUT2D eigenvalue weighted by Gasteiger charge is -2.25. The van der Waals surface area contributed by atoms with Crippen molar-refractivity contribution in [1.29, 1.82) is 0 Å². The van der Waals surface area contributed by atoms with Crippen molar-refractivity contribution in [3.8, 4) is 0 Å². The highest BCUT2D eigenvalue weighted by molar-refractivity contribution is 5.48. The van der Waals surface area contributed by atoms with Crippen LogP contribution >= 0.6 is 0 Å². The molecule has 0 aliphatic heterocycles. The summed E-state index contributed by atoms with van der Waals surface area (Å²) in [6.07, 6.45) is 5.10. The van der Waals surface area contributed by atoms with E-state index in [1.807, 2.05) is 6.07 Å². The minimum absolute atomic E-state index is 0.508. The van der Waals surface area contributed by atoms with Crippen molar-refractivity contribution in [2.45, 2.75) is 46.1 Å². The summed E-state index contributed by atoms with van der Waals surface area (Å²) < 4.78 is 0. The van der Waals surface area contributed by atoms with E-state index in [0.717, 1.165) is 24.6 Å². The van der Waals surface area contributed by atoms with Crippen molar-refractivity contribution in [2.24, 2.45) is 0 Å². The van der Waals surface area contributed by atoms with Gasteiger partial charge in [0.2, 0.25) is 0 Å². The molecule has 96 valence electrons. The predicted octanol–water partition coefficient (Wildman–Crippen LogP) is 2.92. The van der Waals surface area contributed by atoms with Crippen LogP contribution in [0, 0.1) is 0 Å². The molecule has 0 aliphatic rings. The van der Waals surface area contributed by atoms with Gasteiger partial charge in [-0.15, -0.1) is 0 Å². The van der Waals surface area contributed by atoms with Crippen LogP contribution in [-0.2, 0) is 0 Å². The van der Waals surface area contributed by atoms with E-state index in [4.69, 9.17) is 0 Å². The summed E-state index contributed by atoms with van der Waals surface area (Å²) in [5.74, 6) is 1.90. The predicted molar refractivity (Wildman–Crippen MR) is 73.6 cm³/mol. The maximum atomic E-state index is 4.33. The molecule has 1 heterocycles. The number of hydrogen-bond acceptors (Lipinski definition) is 4. The molecule has 1 atom stereocenters. The van der Waals surface area contributed by atoms with E-state index in [1.54, 1.807) is 6.33 Å². The van der Waals surface area contributed by atoms with Gasteiger partial charge in [-0.05, 0) is 19.8 Å². The minimum Gasteiger partial charge on any atom is -0.370 e. The molecule has 0 aromatic carbocycles. The van der Waals surface area contributed by atoms with E-state index in [0.29, 0.717) is 6.04 Å². The molecular weight excluding hydrogens is 212 g/mol. The van der Waals surface area contributed by atoms with Crippen LogP contribution in [0.15, 0.2) is 12.4 Å². The molecule has 1 aromatic heterocycles. The zero-order valence-corrected chi connectivity index (χ0v) is 11.4. The van der Waals surface area contributed by atoms with Gasteiger partial charge in [-0.25, -0.2) is 9.97 Å². The number of nitrogens with zero attached hydrogens (tertiary/aromatic N) is 3. The standard InChI is InChI=1S/C13H24N4/c1-5-7-11(3)17(4)13-9-12(14-8-6-2)15-10-16-13/h9-11H,5-8H2,1-4H3,(H,14,15,16). The van der Waals surface area contributed by atoms with E-state index < -0.39 is 0 Å². The molecule has 4 nitrogen and oxygen atoms in total. The monoisotopic (exact) mass is 236 g/mol. The van der Waals surface area contributed by atoms with Crippen molar-refractivity contribution in [2.75, 3.05) is 23.8 Å². The van der Waals surface area contributed by atoms with Crippen molar-refractivity contribution < 1.29 is 0 Å². The highest BCUT2D eigenvalue weighted by Gasteiger charge is 2.10. The van der Waals surface area contributed by atoms with Gasteiger partial charge in [-0.3, -0.25) is 0 Å². The van der Waals surface area contributed by atoms with E-state index in [1.165, 1.54) is 12.8 Å². The van der Waals surface area contributed by atoms with Gasteiger partial charge >= 0.3 is 0 Å². The molecule has 0 aliphatic carbocycles. The SMILES string of the molecule is CCCNc1cc(N(C)C(C)CCC)ncn1. The van der Waals surface area contributed by atoms with Gasteiger partial charge in [0.25, 0.3) is 0 Å². The van der Waals surface area contributed by atoms with Gasteiger partial charge in [-0.1, -0.05) is 20.3 Å². The molecule has 1 rings (SSSR count). The quantitative estimate of drug-likeness (QED) is 0.790. The average molecular weight is 236 g/mol. The Kier molecular flexibility index (Phi) is 5.73. The second kappa shape index (κ2) is 7.09. The third-order valence-electron chi connectivity index (χ3n) is 2.94. The van der Waals surface area contributed by atoms with Gasteiger partial charge in [0, 0.05) is 25.7 Å². The second-order valence-corrected chi connectivity index (χ2v) is 4.44. The van der Waals surface area contributed by atoms with Gasteiger partial charge in [0.1, 0.15) is 18.0 Å². The molecule has 0 radical (unpaired) electrons. The van der Waals surface area contributed by atoms with Crippen LogP contribution in [0.1, 0.15) is 40.0 Å². The van der Waals surface area contributed by atoms with Gasteiger partial charge in [-0.2, -0.15) is 0 Å². The average Bonchev–Trinajstić information content (AvgIpc) is 2.36. The molecule has 0 saturated heterocycles. The summed E-state index contributed by atoms with van der Waals surface area (Å²) in [7, 11) is 2.09. The minimum atomic E-state index is 0.508. The summed E-state index contributed by atoms with van der Waals surface area (Å²) in [6, 6.07) is 2.52. The van der Waals surface area contributed by atoms with E-state index in [9.17, 15) is 0 Å². The Morgan fingerprint density at radius 3 is 2.71 bits per heavy atom. The Hall–Kier alpha value is -1.32. The lowest BCUT2D eigenvalue weighted by Crippen LogP contribution is -2.29. The first-order valence-electron chi connectivity index (χ1n) is 6.47. The fourth-order valence-corrected chi connectivity index (χ4v) is 1.73. The summed E-state index contributed by atoms with van der Waals surface area (Å²) in [6.45, 7) is 7.53. The Bertz CT molecular complexity index is 327. The Labute approximate surface area is 104 Å². The second-order valence-electron chi connectivity index (χ2n) is 4.44. The summed E-state index contributed by atoms with van der Waals surface area (Å²) in [5.41, 5.74) is 0. The number of aromatic nitrogens is 2. The molecule has 0 bridgehead atoms. The number of hydrogen-bond donors (Lipinski definition) is 1. The number of anilines is 2. The third kappa shape index (κ3) is 4.21.